The van der Waals surface area contributed by atoms with Crippen molar-refractivity contribution in [2.45, 2.75) is 38.6 Å². The normalized spacial score (nSPS) is 20.6. The highest BCUT2D eigenvalue weighted by Crippen LogP contribution is 2.27. The summed E-state index contributed by atoms with van der Waals surface area (Å²) in [7, 11) is 0. The molecule has 25 heavy (non-hydrogen) atoms. The third kappa shape index (κ3) is 3.43. The molecule has 5 nitrogen and oxygen atoms in total. The van der Waals surface area contributed by atoms with Crippen LogP contribution in [0.25, 0.3) is 22.4 Å². The van der Waals surface area contributed by atoms with Gasteiger partial charge in [-0.3, -0.25) is 0 Å². The van der Waals surface area contributed by atoms with Gasteiger partial charge in [-0.2, -0.15) is 0 Å². The van der Waals surface area contributed by atoms with Crippen LogP contribution in [0.3, 0.4) is 0 Å². The summed E-state index contributed by atoms with van der Waals surface area (Å²) >= 11 is 0. The highest BCUT2D eigenvalue weighted by Gasteiger charge is 2.19. The Hall–Kier alpha value is -2.63. The van der Waals surface area contributed by atoms with Crippen LogP contribution in [0.15, 0.2) is 36.8 Å². The van der Waals surface area contributed by atoms with Crippen molar-refractivity contribution in [1.82, 2.24) is 19.9 Å². The summed E-state index contributed by atoms with van der Waals surface area (Å²) in [6.07, 6.45) is 7.91. The molecule has 1 aliphatic rings. The van der Waals surface area contributed by atoms with Gasteiger partial charge >= 0.3 is 0 Å². The van der Waals surface area contributed by atoms with Gasteiger partial charge < -0.3 is 5.32 Å². The molecule has 1 fully saturated rings. The minimum absolute atomic E-state index is 0.269. The van der Waals surface area contributed by atoms with Gasteiger partial charge in [0.2, 0.25) is 0 Å². The molecule has 128 valence electrons. The maximum Gasteiger partial charge on any atom is 0.183 e. The van der Waals surface area contributed by atoms with Gasteiger partial charge in [-0.15, -0.1) is 0 Å². The van der Waals surface area contributed by atoms with E-state index in [-0.39, 0.29) is 5.82 Å². The van der Waals surface area contributed by atoms with Crippen LogP contribution in [-0.4, -0.2) is 26.0 Å². The van der Waals surface area contributed by atoms with Gasteiger partial charge in [-0.25, -0.2) is 24.3 Å². The fraction of sp³-hybridized carbons (Fsp3) is 0.368. The van der Waals surface area contributed by atoms with Crippen LogP contribution in [0.2, 0.25) is 0 Å². The first-order valence-corrected chi connectivity index (χ1v) is 8.69. The molecule has 0 aliphatic heterocycles. The topological polar surface area (TPSA) is 63.6 Å². The number of hydrogen-bond donors (Lipinski definition) is 1. The molecule has 1 N–H and O–H groups in total. The van der Waals surface area contributed by atoms with Crippen molar-refractivity contribution >= 4 is 17.0 Å². The lowest BCUT2D eigenvalue weighted by atomic mass is 9.87. The molecule has 2 aromatic heterocycles. The number of aromatic nitrogens is 4. The molecule has 0 spiro atoms. The van der Waals surface area contributed by atoms with E-state index in [0.717, 1.165) is 30.1 Å². The number of benzene rings is 1. The molecule has 0 bridgehead atoms. The highest BCUT2D eigenvalue weighted by molar-refractivity contribution is 5.83. The molecule has 2 heterocycles. The first kappa shape index (κ1) is 15.9. The lowest BCUT2D eigenvalue weighted by Crippen LogP contribution is -2.25. The van der Waals surface area contributed by atoms with Crippen molar-refractivity contribution in [1.29, 1.82) is 0 Å². The molecule has 1 aliphatic carbocycles. The second-order valence-corrected chi connectivity index (χ2v) is 6.76. The number of halogens is 1. The summed E-state index contributed by atoms with van der Waals surface area (Å²) in [5, 5.41) is 3.52. The number of rotatable bonds is 3. The Bertz CT molecular complexity index is 873. The molecule has 0 unspecified atom stereocenters. The molecule has 0 radical (unpaired) electrons. The molecule has 1 aromatic carbocycles. The van der Waals surface area contributed by atoms with Gasteiger partial charge in [-0.05, 0) is 55.9 Å². The zero-order valence-corrected chi connectivity index (χ0v) is 14.1. The predicted molar refractivity (Wildman–Crippen MR) is 95.6 cm³/mol. The van der Waals surface area contributed by atoms with Crippen molar-refractivity contribution < 1.29 is 4.39 Å². The summed E-state index contributed by atoms with van der Waals surface area (Å²) < 4.78 is 13.1. The Morgan fingerprint density at radius 3 is 2.52 bits per heavy atom. The van der Waals surface area contributed by atoms with E-state index in [0.29, 0.717) is 22.9 Å². The standard InChI is InChI=1S/C19H20FN5/c1-12-2-8-15(9-3-12)24-19-17-18(22-11-23-19)21-10-16(25-17)13-4-6-14(20)7-5-13/h4-7,10-12,15H,2-3,8-9H2,1H3,(H,21,22,23,24). The van der Waals surface area contributed by atoms with Crippen molar-refractivity contribution in [3.8, 4) is 11.3 Å². The number of nitrogens with zero attached hydrogens (tertiary/aromatic N) is 4. The first-order chi connectivity index (χ1) is 12.2. The molecule has 6 heteroatoms. The quantitative estimate of drug-likeness (QED) is 0.775. The molecule has 3 aromatic rings. The van der Waals surface area contributed by atoms with Crippen molar-refractivity contribution in [2.75, 3.05) is 5.32 Å². The van der Waals surface area contributed by atoms with Crippen LogP contribution in [0, 0.1) is 11.7 Å². The maximum absolute atomic E-state index is 13.1. The van der Waals surface area contributed by atoms with E-state index >= 15 is 0 Å². The highest BCUT2D eigenvalue weighted by atomic mass is 19.1. The van der Waals surface area contributed by atoms with Gasteiger partial charge in [0.25, 0.3) is 0 Å². The van der Waals surface area contributed by atoms with E-state index < -0.39 is 0 Å². The summed E-state index contributed by atoms with van der Waals surface area (Å²) in [6.45, 7) is 2.30. The molecular formula is C19H20FN5. The first-order valence-electron chi connectivity index (χ1n) is 8.69. The minimum atomic E-state index is -0.269. The molecule has 1 saturated carbocycles. The van der Waals surface area contributed by atoms with E-state index in [9.17, 15) is 4.39 Å². The van der Waals surface area contributed by atoms with Crippen LogP contribution in [0.1, 0.15) is 32.6 Å². The maximum atomic E-state index is 13.1. The molecule has 0 amide bonds. The number of fused-ring (bicyclic) bond motifs is 1. The molecule has 0 saturated heterocycles. The lowest BCUT2D eigenvalue weighted by molar-refractivity contribution is 0.361. The van der Waals surface area contributed by atoms with E-state index in [1.54, 1.807) is 18.3 Å². The van der Waals surface area contributed by atoms with Gasteiger partial charge in [0, 0.05) is 11.6 Å². The molecule has 0 atom stereocenters. The number of hydrogen-bond acceptors (Lipinski definition) is 5. The van der Waals surface area contributed by atoms with Crippen LogP contribution in [0.5, 0.6) is 0 Å². The van der Waals surface area contributed by atoms with Crippen molar-refractivity contribution in [2.24, 2.45) is 5.92 Å². The van der Waals surface area contributed by atoms with Crippen molar-refractivity contribution in [3.63, 3.8) is 0 Å². The van der Waals surface area contributed by atoms with Crippen LogP contribution in [0.4, 0.5) is 10.2 Å². The van der Waals surface area contributed by atoms with Crippen LogP contribution >= 0.6 is 0 Å². The minimum Gasteiger partial charge on any atom is -0.365 e. The predicted octanol–water partition coefficient (Wildman–Crippen LogP) is 4.22. The van der Waals surface area contributed by atoms with E-state index in [2.05, 4.69) is 32.2 Å². The van der Waals surface area contributed by atoms with E-state index in [4.69, 9.17) is 0 Å². The average Bonchev–Trinajstić information content (AvgIpc) is 2.64. The lowest BCUT2D eigenvalue weighted by Gasteiger charge is -2.27. The largest absolute Gasteiger partial charge is 0.365 e. The Kier molecular flexibility index (Phi) is 4.26. The fourth-order valence-corrected chi connectivity index (χ4v) is 3.30. The SMILES string of the molecule is CC1CCC(Nc2ncnc3ncc(-c4ccc(F)cc4)nc23)CC1. The molecular weight excluding hydrogens is 317 g/mol. The van der Waals surface area contributed by atoms with E-state index in [1.165, 1.54) is 31.3 Å². The van der Waals surface area contributed by atoms with Gasteiger partial charge in [-0.1, -0.05) is 6.92 Å². The summed E-state index contributed by atoms with van der Waals surface area (Å²) in [6, 6.07) is 6.65. The Morgan fingerprint density at radius 1 is 1.00 bits per heavy atom. The van der Waals surface area contributed by atoms with Gasteiger partial charge in [0.15, 0.2) is 17.0 Å². The summed E-state index contributed by atoms with van der Waals surface area (Å²) in [4.78, 5) is 17.7. The zero-order valence-electron chi connectivity index (χ0n) is 14.1. The Labute approximate surface area is 145 Å². The van der Waals surface area contributed by atoms with Crippen LogP contribution < -0.4 is 5.32 Å². The molecule has 4 rings (SSSR count). The monoisotopic (exact) mass is 337 g/mol. The van der Waals surface area contributed by atoms with Crippen molar-refractivity contribution in [3.05, 3.63) is 42.6 Å². The third-order valence-electron chi connectivity index (χ3n) is 4.84. The smallest absolute Gasteiger partial charge is 0.183 e. The average molecular weight is 337 g/mol. The number of anilines is 1. The third-order valence-corrected chi connectivity index (χ3v) is 4.84. The van der Waals surface area contributed by atoms with Gasteiger partial charge in [0.05, 0.1) is 11.9 Å². The van der Waals surface area contributed by atoms with E-state index in [1.807, 2.05) is 0 Å². The Morgan fingerprint density at radius 2 is 1.76 bits per heavy atom. The summed E-state index contributed by atoms with van der Waals surface area (Å²) in [5.74, 6) is 1.25. The fourth-order valence-electron chi connectivity index (χ4n) is 3.30. The summed E-state index contributed by atoms with van der Waals surface area (Å²) in [5.41, 5.74) is 2.72. The second-order valence-electron chi connectivity index (χ2n) is 6.76. The van der Waals surface area contributed by atoms with Crippen LogP contribution in [-0.2, 0) is 0 Å². The Balaban J connectivity index is 1.67. The number of nitrogens with one attached hydrogen (secondary N) is 1. The zero-order chi connectivity index (χ0) is 17.2. The second kappa shape index (κ2) is 6.70. The van der Waals surface area contributed by atoms with Gasteiger partial charge in [0.1, 0.15) is 12.1 Å².